The van der Waals surface area contributed by atoms with Crippen LogP contribution < -0.4 is 10.2 Å². The molecule has 0 saturated carbocycles. The summed E-state index contributed by atoms with van der Waals surface area (Å²) in [6, 6.07) is 7.56. The maximum absolute atomic E-state index is 12.7. The molecular weight excluding hydrogens is 358 g/mol. The molecule has 4 rings (SSSR count). The molecule has 0 spiro atoms. The van der Waals surface area contributed by atoms with Gasteiger partial charge in [0.05, 0.1) is 5.69 Å². The average Bonchev–Trinajstić information content (AvgIpc) is 3.07. The van der Waals surface area contributed by atoms with Gasteiger partial charge < -0.3 is 19.6 Å². The minimum absolute atomic E-state index is 0.0288. The molecular formula is C19H21N7O2. The van der Waals surface area contributed by atoms with Crippen LogP contribution in [0.5, 0.6) is 0 Å². The lowest BCUT2D eigenvalue weighted by Gasteiger charge is -2.35. The Morgan fingerprint density at radius 1 is 1.04 bits per heavy atom. The molecule has 1 fully saturated rings. The van der Waals surface area contributed by atoms with Gasteiger partial charge in [-0.05, 0) is 38.1 Å². The Hall–Kier alpha value is -3.49. The second-order valence-electron chi connectivity index (χ2n) is 6.62. The molecule has 0 unspecified atom stereocenters. The van der Waals surface area contributed by atoms with Gasteiger partial charge in [-0.25, -0.2) is 0 Å². The molecule has 1 N–H and O–H groups in total. The van der Waals surface area contributed by atoms with Crippen LogP contribution in [0.1, 0.15) is 21.8 Å². The molecule has 0 bridgehead atoms. The van der Waals surface area contributed by atoms with Crippen LogP contribution in [0.25, 0.3) is 0 Å². The first-order valence-electron chi connectivity index (χ1n) is 9.09. The van der Waals surface area contributed by atoms with E-state index in [1.165, 1.54) is 0 Å². The summed E-state index contributed by atoms with van der Waals surface area (Å²) in [7, 11) is 0. The number of nitrogens with zero attached hydrogens (tertiary/aromatic N) is 6. The Morgan fingerprint density at radius 3 is 2.39 bits per heavy atom. The summed E-state index contributed by atoms with van der Waals surface area (Å²) < 4.78 is 5.12. The topological polar surface area (TPSA) is 100 Å². The Morgan fingerprint density at radius 2 is 1.79 bits per heavy atom. The lowest BCUT2D eigenvalue weighted by atomic mass is 10.1. The van der Waals surface area contributed by atoms with Crippen molar-refractivity contribution in [1.29, 1.82) is 0 Å². The van der Waals surface area contributed by atoms with E-state index >= 15 is 0 Å². The van der Waals surface area contributed by atoms with Crippen LogP contribution in [0.3, 0.4) is 0 Å². The highest BCUT2D eigenvalue weighted by Gasteiger charge is 2.27. The molecule has 3 aromatic rings. The predicted molar refractivity (Wildman–Crippen MR) is 104 cm³/mol. The van der Waals surface area contributed by atoms with Crippen LogP contribution in [0.15, 0.2) is 41.2 Å². The first-order chi connectivity index (χ1) is 13.6. The highest BCUT2D eigenvalue weighted by atomic mass is 16.5. The van der Waals surface area contributed by atoms with Crippen molar-refractivity contribution in [2.24, 2.45) is 0 Å². The van der Waals surface area contributed by atoms with Gasteiger partial charge >= 0.3 is 0 Å². The van der Waals surface area contributed by atoms with Crippen molar-refractivity contribution < 1.29 is 9.32 Å². The quantitative estimate of drug-likeness (QED) is 0.736. The summed E-state index contributed by atoms with van der Waals surface area (Å²) in [6.07, 6.45) is 3.43. The molecule has 1 saturated heterocycles. The molecule has 9 nitrogen and oxygen atoms in total. The van der Waals surface area contributed by atoms with E-state index in [1.54, 1.807) is 26.2 Å². The molecule has 28 heavy (non-hydrogen) atoms. The number of pyridine rings is 1. The highest BCUT2D eigenvalue weighted by Crippen LogP contribution is 2.19. The number of aryl methyl sites for hydroxylation is 2. The van der Waals surface area contributed by atoms with Crippen molar-refractivity contribution in [3.63, 3.8) is 0 Å². The molecule has 0 aliphatic carbocycles. The number of hydrogen-bond acceptors (Lipinski definition) is 8. The molecule has 4 heterocycles. The smallest absolute Gasteiger partial charge is 0.259 e. The maximum atomic E-state index is 12.7. The molecule has 0 atom stereocenters. The number of nitrogens with one attached hydrogen (secondary N) is 1. The molecule has 3 aromatic heterocycles. The molecule has 1 aliphatic rings. The van der Waals surface area contributed by atoms with E-state index in [-0.39, 0.29) is 5.91 Å². The van der Waals surface area contributed by atoms with Gasteiger partial charge in [0.15, 0.2) is 11.6 Å². The number of aromatic nitrogens is 4. The van der Waals surface area contributed by atoms with E-state index in [2.05, 4.69) is 30.6 Å². The molecule has 1 amide bonds. The lowest BCUT2D eigenvalue weighted by molar-refractivity contribution is 0.0744. The van der Waals surface area contributed by atoms with Gasteiger partial charge in [-0.3, -0.25) is 9.78 Å². The van der Waals surface area contributed by atoms with Gasteiger partial charge in [0.2, 0.25) is 0 Å². The minimum atomic E-state index is -0.0288. The van der Waals surface area contributed by atoms with Crippen molar-refractivity contribution in [3.8, 4) is 0 Å². The maximum Gasteiger partial charge on any atom is 0.259 e. The standard InChI is InChI=1S/C19H21N7O2/c1-13-18(14(2)28-24-13)19(27)26-11-9-25(10-12-26)17-4-3-16(22-23-17)21-15-5-7-20-8-6-15/h3-8H,9-12H2,1-2H3,(H,20,21,22). The van der Waals surface area contributed by atoms with Gasteiger partial charge in [0, 0.05) is 44.3 Å². The van der Waals surface area contributed by atoms with Crippen LogP contribution >= 0.6 is 0 Å². The van der Waals surface area contributed by atoms with Gasteiger partial charge in [0.25, 0.3) is 5.91 Å². The Bertz CT molecular complexity index is 929. The fourth-order valence-corrected chi connectivity index (χ4v) is 3.23. The van der Waals surface area contributed by atoms with Crippen molar-refractivity contribution in [3.05, 3.63) is 53.7 Å². The van der Waals surface area contributed by atoms with Gasteiger partial charge in [0.1, 0.15) is 11.3 Å². The van der Waals surface area contributed by atoms with E-state index in [0.29, 0.717) is 49.0 Å². The fraction of sp³-hybridized carbons (Fsp3) is 0.316. The average molecular weight is 379 g/mol. The van der Waals surface area contributed by atoms with Crippen molar-refractivity contribution >= 4 is 23.2 Å². The van der Waals surface area contributed by atoms with Gasteiger partial charge in [-0.1, -0.05) is 5.16 Å². The van der Waals surface area contributed by atoms with E-state index in [1.807, 2.05) is 29.2 Å². The van der Waals surface area contributed by atoms with Crippen molar-refractivity contribution in [2.45, 2.75) is 13.8 Å². The van der Waals surface area contributed by atoms with Crippen molar-refractivity contribution in [1.82, 2.24) is 25.2 Å². The highest BCUT2D eigenvalue weighted by molar-refractivity contribution is 5.96. The molecule has 0 radical (unpaired) electrons. The summed E-state index contributed by atoms with van der Waals surface area (Å²) in [4.78, 5) is 20.7. The Labute approximate surface area is 162 Å². The Kier molecular flexibility index (Phi) is 4.88. The summed E-state index contributed by atoms with van der Waals surface area (Å²) in [5.74, 6) is 2.00. The van der Waals surface area contributed by atoms with Gasteiger partial charge in [-0.2, -0.15) is 0 Å². The van der Waals surface area contributed by atoms with Crippen LogP contribution in [-0.2, 0) is 0 Å². The number of hydrogen-bond donors (Lipinski definition) is 1. The normalized spacial score (nSPS) is 14.2. The molecule has 1 aliphatic heterocycles. The van der Waals surface area contributed by atoms with Crippen LogP contribution in [0, 0.1) is 13.8 Å². The third-order valence-corrected chi connectivity index (χ3v) is 4.74. The van der Waals surface area contributed by atoms with E-state index < -0.39 is 0 Å². The first kappa shape index (κ1) is 17.9. The monoisotopic (exact) mass is 379 g/mol. The predicted octanol–water partition coefficient (Wildman–Crippen LogP) is 2.18. The number of carbonyl (C=O) groups is 1. The van der Waals surface area contributed by atoms with Gasteiger partial charge in [-0.15, -0.1) is 10.2 Å². The third kappa shape index (κ3) is 3.64. The molecule has 0 aromatic carbocycles. The Balaban J connectivity index is 1.36. The van der Waals surface area contributed by atoms with E-state index in [0.717, 1.165) is 11.5 Å². The van der Waals surface area contributed by atoms with Crippen LogP contribution in [0.4, 0.5) is 17.3 Å². The fourth-order valence-electron chi connectivity index (χ4n) is 3.23. The molecule has 144 valence electrons. The summed E-state index contributed by atoms with van der Waals surface area (Å²) >= 11 is 0. The first-order valence-corrected chi connectivity index (χ1v) is 9.09. The van der Waals surface area contributed by atoms with E-state index in [9.17, 15) is 4.79 Å². The summed E-state index contributed by atoms with van der Waals surface area (Å²) in [5, 5.41) is 15.6. The number of carbonyl (C=O) groups excluding carboxylic acids is 1. The lowest BCUT2D eigenvalue weighted by Crippen LogP contribution is -2.49. The molecule has 9 heteroatoms. The number of amides is 1. The van der Waals surface area contributed by atoms with Crippen molar-refractivity contribution in [2.75, 3.05) is 36.4 Å². The SMILES string of the molecule is Cc1noc(C)c1C(=O)N1CCN(c2ccc(Nc3ccncc3)nn2)CC1. The number of anilines is 3. The zero-order valence-electron chi connectivity index (χ0n) is 15.8. The second kappa shape index (κ2) is 7.63. The van der Waals surface area contributed by atoms with E-state index in [4.69, 9.17) is 4.52 Å². The van der Waals surface area contributed by atoms with Crippen LogP contribution in [-0.4, -0.2) is 57.3 Å². The zero-order chi connectivity index (χ0) is 19.5. The summed E-state index contributed by atoms with van der Waals surface area (Å²) in [5.41, 5.74) is 2.11. The van der Waals surface area contributed by atoms with Crippen LogP contribution in [0.2, 0.25) is 0 Å². The minimum Gasteiger partial charge on any atom is -0.361 e. The zero-order valence-corrected chi connectivity index (χ0v) is 15.8. The second-order valence-corrected chi connectivity index (χ2v) is 6.62. The largest absolute Gasteiger partial charge is 0.361 e. The summed E-state index contributed by atoms with van der Waals surface area (Å²) in [6.45, 7) is 6.17. The third-order valence-electron chi connectivity index (χ3n) is 4.74. The number of rotatable bonds is 4. The number of piperazine rings is 1.